The van der Waals surface area contributed by atoms with Gasteiger partial charge in [0.2, 0.25) is 0 Å². The third-order valence-electron chi connectivity index (χ3n) is 5.44. The molecule has 0 aromatic carbocycles. The van der Waals surface area contributed by atoms with Crippen molar-refractivity contribution >= 4 is 0 Å². The summed E-state index contributed by atoms with van der Waals surface area (Å²) in [5, 5.41) is 4.94. The van der Waals surface area contributed by atoms with Crippen molar-refractivity contribution in [1.29, 1.82) is 0 Å². The summed E-state index contributed by atoms with van der Waals surface area (Å²) in [6.07, 6.45) is 9.64. The smallest absolute Gasteiger partial charge is 0.154 e. The third-order valence-corrected chi connectivity index (χ3v) is 5.44. The molecular formula is C17H27N3O. The molecule has 1 aliphatic carbocycles. The average Bonchev–Trinajstić information content (AvgIpc) is 3.19. The van der Waals surface area contributed by atoms with Crippen LogP contribution in [0.25, 0.3) is 0 Å². The molecular weight excluding hydrogens is 262 g/mol. The van der Waals surface area contributed by atoms with E-state index in [9.17, 15) is 0 Å². The van der Waals surface area contributed by atoms with Gasteiger partial charge in [-0.15, -0.1) is 0 Å². The Balaban J connectivity index is 1.70. The predicted molar refractivity (Wildman–Crippen MR) is 81.5 cm³/mol. The first-order chi connectivity index (χ1) is 10.0. The van der Waals surface area contributed by atoms with Crippen molar-refractivity contribution in [2.45, 2.75) is 95.3 Å². The fourth-order valence-electron chi connectivity index (χ4n) is 4.34. The lowest BCUT2D eigenvalue weighted by Gasteiger charge is -2.25. The van der Waals surface area contributed by atoms with Crippen LogP contribution in [-0.2, 0) is 10.3 Å². The Bertz CT molecular complexity index is 525. The van der Waals surface area contributed by atoms with Crippen LogP contribution in [0.1, 0.15) is 89.2 Å². The lowest BCUT2D eigenvalue weighted by molar-refractivity contribution is 0.0989. The highest BCUT2D eigenvalue weighted by atomic mass is 16.5. The SMILES string of the molecule is CC(C)(C)n1nc(C2CCCC2)nc1[C@@H]1C[C@@H]2CC[C@H]1O2. The van der Waals surface area contributed by atoms with Crippen molar-refractivity contribution in [2.24, 2.45) is 0 Å². The molecule has 0 amide bonds. The summed E-state index contributed by atoms with van der Waals surface area (Å²) in [5.41, 5.74) is 0.00101. The van der Waals surface area contributed by atoms with Crippen LogP contribution in [0.5, 0.6) is 0 Å². The maximum Gasteiger partial charge on any atom is 0.154 e. The van der Waals surface area contributed by atoms with E-state index in [2.05, 4.69) is 25.5 Å². The predicted octanol–water partition coefficient (Wildman–Crippen LogP) is 3.73. The number of ether oxygens (including phenoxy) is 1. The van der Waals surface area contributed by atoms with E-state index < -0.39 is 0 Å². The van der Waals surface area contributed by atoms with E-state index in [1.807, 2.05) is 0 Å². The zero-order chi connectivity index (χ0) is 14.6. The van der Waals surface area contributed by atoms with E-state index in [4.69, 9.17) is 14.8 Å². The molecule has 3 aliphatic rings. The number of nitrogens with zero attached hydrogens (tertiary/aromatic N) is 3. The third kappa shape index (κ3) is 2.32. The maximum atomic E-state index is 6.06. The van der Waals surface area contributed by atoms with Crippen LogP contribution in [0.2, 0.25) is 0 Å². The fourth-order valence-corrected chi connectivity index (χ4v) is 4.34. The van der Waals surface area contributed by atoms with Gasteiger partial charge in [-0.2, -0.15) is 5.10 Å². The second kappa shape index (κ2) is 4.80. The second-order valence-electron chi connectivity index (χ2n) is 8.11. The van der Waals surface area contributed by atoms with E-state index in [0.29, 0.717) is 24.0 Å². The first-order valence-electron chi connectivity index (χ1n) is 8.65. The summed E-state index contributed by atoms with van der Waals surface area (Å²) < 4.78 is 8.26. The van der Waals surface area contributed by atoms with Crippen LogP contribution in [0, 0.1) is 0 Å². The van der Waals surface area contributed by atoms with Gasteiger partial charge >= 0.3 is 0 Å². The summed E-state index contributed by atoms with van der Waals surface area (Å²) in [7, 11) is 0. The summed E-state index contributed by atoms with van der Waals surface area (Å²) in [5.74, 6) is 3.34. The quantitative estimate of drug-likeness (QED) is 0.833. The first kappa shape index (κ1) is 13.7. The van der Waals surface area contributed by atoms with Crippen molar-refractivity contribution in [1.82, 2.24) is 14.8 Å². The Morgan fingerprint density at radius 1 is 1.10 bits per heavy atom. The van der Waals surface area contributed by atoms with Crippen LogP contribution in [-0.4, -0.2) is 27.0 Å². The van der Waals surface area contributed by atoms with Crippen LogP contribution in [0.15, 0.2) is 0 Å². The highest BCUT2D eigenvalue weighted by Gasteiger charge is 2.45. The molecule has 0 unspecified atom stereocenters. The van der Waals surface area contributed by atoms with Gasteiger partial charge < -0.3 is 4.74 Å². The van der Waals surface area contributed by atoms with Gasteiger partial charge in [0.25, 0.3) is 0 Å². The lowest BCUT2D eigenvalue weighted by atomic mass is 9.88. The molecule has 1 aromatic heterocycles. The Kier molecular flexibility index (Phi) is 3.14. The lowest BCUT2D eigenvalue weighted by Crippen LogP contribution is -2.29. The van der Waals surface area contributed by atoms with Crippen LogP contribution < -0.4 is 0 Å². The number of fused-ring (bicyclic) bond motifs is 2. The van der Waals surface area contributed by atoms with Gasteiger partial charge in [-0.25, -0.2) is 9.67 Å². The molecule has 4 nitrogen and oxygen atoms in total. The summed E-state index contributed by atoms with van der Waals surface area (Å²) in [6.45, 7) is 6.70. The molecule has 0 N–H and O–H groups in total. The molecule has 3 fully saturated rings. The Hall–Kier alpha value is -0.900. The summed E-state index contributed by atoms with van der Waals surface area (Å²) in [4.78, 5) is 5.03. The van der Waals surface area contributed by atoms with Crippen LogP contribution in [0.4, 0.5) is 0 Å². The second-order valence-corrected chi connectivity index (χ2v) is 8.11. The molecule has 4 heteroatoms. The van der Waals surface area contributed by atoms with Crippen LogP contribution >= 0.6 is 0 Å². The zero-order valence-electron chi connectivity index (χ0n) is 13.5. The minimum atomic E-state index is 0.00101. The molecule has 3 atom stereocenters. The summed E-state index contributed by atoms with van der Waals surface area (Å²) in [6, 6.07) is 0. The Morgan fingerprint density at radius 3 is 2.43 bits per heavy atom. The van der Waals surface area contributed by atoms with Gasteiger partial charge in [-0.05, 0) is 52.9 Å². The zero-order valence-corrected chi connectivity index (χ0v) is 13.5. The number of rotatable bonds is 2. The number of aromatic nitrogens is 3. The molecule has 21 heavy (non-hydrogen) atoms. The molecule has 0 spiro atoms. The van der Waals surface area contributed by atoms with Gasteiger partial charge in [0.05, 0.1) is 17.7 Å². The molecule has 4 rings (SSSR count). The monoisotopic (exact) mass is 289 g/mol. The largest absolute Gasteiger partial charge is 0.374 e. The van der Waals surface area contributed by atoms with Crippen molar-refractivity contribution in [2.75, 3.05) is 0 Å². The number of hydrogen-bond acceptors (Lipinski definition) is 3. The first-order valence-corrected chi connectivity index (χ1v) is 8.65. The van der Waals surface area contributed by atoms with Gasteiger partial charge in [0.1, 0.15) is 5.82 Å². The Morgan fingerprint density at radius 2 is 1.86 bits per heavy atom. The van der Waals surface area contributed by atoms with Gasteiger partial charge in [0.15, 0.2) is 5.82 Å². The topological polar surface area (TPSA) is 39.9 Å². The molecule has 2 aliphatic heterocycles. The highest BCUT2D eigenvalue weighted by Crippen LogP contribution is 2.45. The van der Waals surface area contributed by atoms with Crippen molar-refractivity contribution < 1.29 is 4.74 Å². The molecule has 1 aromatic rings. The molecule has 116 valence electrons. The minimum Gasteiger partial charge on any atom is -0.374 e. The molecule has 2 bridgehead atoms. The Labute approximate surface area is 127 Å². The molecule has 3 heterocycles. The van der Waals surface area contributed by atoms with E-state index in [0.717, 1.165) is 12.2 Å². The molecule has 0 radical (unpaired) electrons. The van der Waals surface area contributed by atoms with E-state index >= 15 is 0 Å². The molecule has 1 saturated carbocycles. The highest BCUT2D eigenvalue weighted by molar-refractivity contribution is 5.13. The summed E-state index contributed by atoms with van der Waals surface area (Å²) >= 11 is 0. The van der Waals surface area contributed by atoms with Crippen molar-refractivity contribution in [3.05, 3.63) is 11.6 Å². The maximum absolute atomic E-state index is 6.06. The van der Waals surface area contributed by atoms with Gasteiger partial charge in [0, 0.05) is 11.8 Å². The fraction of sp³-hybridized carbons (Fsp3) is 0.882. The van der Waals surface area contributed by atoms with Crippen molar-refractivity contribution in [3.8, 4) is 0 Å². The van der Waals surface area contributed by atoms with Crippen LogP contribution in [0.3, 0.4) is 0 Å². The van der Waals surface area contributed by atoms with E-state index in [-0.39, 0.29) is 5.54 Å². The minimum absolute atomic E-state index is 0.00101. The number of hydrogen-bond donors (Lipinski definition) is 0. The van der Waals surface area contributed by atoms with Gasteiger partial charge in [-0.3, -0.25) is 0 Å². The normalized spacial score (nSPS) is 33.2. The average molecular weight is 289 g/mol. The van der Waals surface area contributed by atoms with Gasteiger partial charge in [-0.1, -0.05) is 12.8 Å². The molecule has 2 saturated heterocycles. The van der Waals surface area contributed by atoms with E-state index in [1.54, 1.807) is 0 Å². The van der Waals surface area contributed by atoms with Crippen molar-refractivity contribution in [3.63, 3.8) is 0 Å². The standard InChI is InChI=1S/C17H27N3O/c1-17(2,3)20-16(13-10-12-8-9-14(13)21-12)18-15(19-20)11-6-4-5-7-11/h11-14H,4-10H2,1-3H3/t12-,13+,14+/m0/s1. The van der Waals surface area contributed by atoms with E-state index in [1.165, 1.54) is 44.3 Å².